The number of amides is 2. The van der Waals surface area contributed by atoms with Crippen LogP contribution in [0.3, 0.4) is 0 Å². The number of alkyl halides is 1. The lowest BCUT2D eigenvalue weighted by Gasteiger charge is -2.10. The summed E-state index contributed by atoms with van der Waals surface area (Å²) >= 11 is 4.59. The lowest BCUT2D eigenvalue weighted by atomic mass is 10.2. The van der Waals surface area contributed by atoms with E-state index in [4.69, 9.17) is 0 Å². The van der Waals surface area contributed by atoms with Crippen LogP contribution in [0.15, 0.2) is 10.8 Å². The SMILES string of the molecule is O=C1c2cscc2C(=O)N1CCBr. The van der Waals surface area contributed by atoms with E-state index in [1.807, 2.05) is 0 Å². The van der Waals surface area contributed by atoms with E-state index in [0.29, 0.717) is 23.0 Å². The summed E-state index contributed by atoms with van der Waals surface area (Å²) in [6, 6.07) is 0. The summed E-state index contributed by atoms with van der Waals surface area (Å²) in [7, 11) is 0. The molecule has 1 aliphatic heterocycles. The summed E-state index contributed by atoms with van der Waals surface area (Å²) in [6.45, 7) is 0.441. The molecule has 13 heavy (non-hydrogen) atoms. The molecular weight excluding hydrogens is 254 g/mol. The Labute approximate surface area is 87.5 Å². The second-order valence-corrected chi connectivity index (χ2v) is 4.19. The molecule has 68 valence electrons. The average molecular weight is 260 g/mol. The third kappa shape index (κ3) is 1.23. The fourth-order valence-corrected chi connectivity index (χ4v) is 2.45. The molecule has 1 aliphatic rings. The summed E-state index contributed by atoms with van der Waals surface area (Å²) in [5.74, 6) is -0.332. The van der Waals surface area contributed by atoms with Gasteiger partial charge in [-0.2, -0.15) is 11.3 Å². The number of fused-ring (bicyclic) bond motifs is 1. The monoisotopic (exact) mass is 259 g/mol. The Hall–Kier alpha value is -0.680. The zero-order valence-corrected chi connectivity index (χ0v) is 9.02. The highest BCUT2D eigenvalue weighted by Gasteiger charge is 2.35. The first-order chi connectivity index (χ1) is 6.25. The Morgan fingerprint density at radius 2 is 1.77 bits per heavy atom. The minimum absolute atomic E-state index is 0.166. The third-order valence-electron chi connectivity index (χ3n) is 1.92. The van der Waals surface area contributed by atoms with E-state index >= 15 is 0 Å². The van der Waals surface area contributed by atoms with Crippen molar-refractivity contribution in [1.82, 2.24) is 4.90 Å². The van der Waals surface area contributed by atoms with Gasteiger partial charge in [-0.3, -0.25) is 14.5 Å². The molecule has 0 spiro atoms. The van der Waals surface area contributed by atoms with Crippen molar-refractivity contribution in [3.63, 3.8) is 0 Å². The highest BCUT2D eigenvalue weighted by Crippen LogP contribution is 2.25. The highest BCUT2D eigenvalue weighted by atomic mass is 79.9. The molecule has 0 N–H and O–H groups in total. The van der Waals surface area contributed by atoms with Crippen LogP contribution in [-0.4, -0.2) is 28.6 Å². The van der Waals surface area contributed by atoms with Crippen molar-refractivity contribution in [2.45, 2.75) is 0 Å². The van der Waals surface area contributed by atoms with Gasteiger partial charge in [-0.15, -0.1) is 0 Å². The summed E-state index contributed by atoms with van der Waals surface area (Å²) in [5, 5.41) is 4.08. The third-order valence-corrected chi connectivity index (χ3v) is 3.02. The van der Waals surface area contributed by atoms with Crippen molar-refractivity contribution in [3.05, 3.63) is 21.9 Å². The van der Waals surface area contributed by atoms with Crippen LogP contribution in [0.1, 0.15) is 20.7 Å². The van der Waals surface area contributed by atoms with Crippen LogP contribution in [0.4, 0.5) is 0 Å². The topological polar surface area (TPSA) is 37.4 Å². The molecular formula is C8H6BrNO2S. The van der Waals surface area contributed by atoms with E-state index in [1.165, 1.54) is 16.2 Å². The number of hydrogen-bond acceptors (Lipinski definition) is 3. The molecule has 0 aliphatic carbocycles. The summed E-state index contributed by atoms with van der Waals surface area (Å²) in [5.41, 5.74) is 1.10. The van der Waals surface area contributed by atoms with Gasteiger partial charge in [0.1, 0.15) is 0 Å². The molecule has 2 rings (SSSR count). The van der Waals surface area contributed by atoms with Crippen molar-refractivity contribution >= 4 is 39.1 Å². The molecule has 1 aromatic rings. The van der Waals surface area contributed by atoms with Crippen molar-refractivity contribution < 1.29 is 9.59 Å². The number of nitrogens with zero attached hydrogens (tertiary/aromatic N) is 1. The van der Waals surface area contributed by atoms with Gasteiger partial charge in [-0.05, 0) is 0 Å². The van der Waals surface area contributed by atoms with Crippen molar-refractivity contribution in [1.29, 1.82) is 0 Å². The van der Waals surface area contributed by atoms with Crippen LogP contribution >= 0.6 is 27.3 Å². The fourth-order valence-electron chi connectivity index (χ4n) is 1.30. The Balaban J connectivity index is 2.37. The van der Waals surface area contributed by atoms with Gasteiger partial charge in [0.15, 0.2) is 0 Å². The van der Waals surface area contributed by atoms with Crippen molar-refractivity contribution in [3.8, 4) is 0 Å². The first-order valence-electron chi connectivity index (χ1n) is 3.74. The summed E-state index contributed by atoms with van der Waals surface area (Å²) in [4.78, 5) is 24.4. The maximum absolute atomic E-state index is 11.5. The molecule has 0 unspecified atom stereocenters. The lowest BCUT2D eigenvalue weighted by molar-refractivity contribution is 0.0664. The maximum atomic E-state index is 11.5. The van der Waals surface area contributed by atoms with E-state index < -0.39 is 0 Å². The van der Waals surface area contributed by atoms with E-state index in [-0.39, 0.29) is 11.8 Å². The Morgan fingerprint density at radius 3 is 2.23 bits per heavy atom. The largest absolute Gasteiger partial charge is 0.273 e. The minimum atomic E-state index is -0.166. The predicted octanol–water partition coefficient (Wildman–Crippen LogP) is 1.74. The number of imide groups is 1. The molecule has 0 saturated carbocycles. The van der Waals surface area contributed by atoms with Crippen LogP contribution in [0.5, 0.6) is 0 Å². The standard InChI is InChI=1S/C8H6BrNO2S/c9-1-2-10-7(11)5-3-13-4-6(5)8(10)12/h3-4H,1-2H2. The molecule has 0 atom stereocenters. The summed E-state index contributed by atoms with van der Waals surface area (Å²) in [6.07, 6.45) is 0. The lowest BCUT2D eigenvalue weighted by Crippen LogP contribution is -2.31. The Morgan fingerprint density at radius 1 is 1.23 bits per heavy atom. The predicted molar refractivity (Wildman–Crippen MR) is 53.5 cm³/mol. The number of carbonyl (C=O) groups excluding carboxylic acids is 2. The van der Waals surface area contributed by atoms with Crippen LogP contribution in [0, 0.1) is 0 Å². The molecule has 1 aromatic heterocycles. The van der Waals surface area contributed by atoms with Gasteiger partial charge >= 0.3 is 0 Å². The van der Waals surface area contributed by atoms with Crippen molar-refractivity contribution in [2.24, 2.45) is 0 Å². The highest BCUT2D eigenvalue weighted by molar-refractivity contribution is 9.09. The molecule has 0 fully saturated rings. The second kappa shape index (κ2) is 3.23. The molecule has 0 bridgehead atoms. The van der Waals surface area contributed by atoms with Gasteiger partial charge in [0.05, 0.1) is 11.1 Å². The van der Waals surface area contributed by atoms with Crippen LogP contribution in [0.25, 0.3) is 0 Å². The number of thiophene rings is 1. The molecule has 2 heterocycles. The maximum Gasteiger partial charge on any atom is 0.262 e. The first-order valence-corrected chi connectivity index (χ1v) is 5.80. The Bertz CT molecular complexity index is 343. The van der Waals surface area contributed by atoms with Gasteiger partial charge in [-0.25, -0.2) is 0 Å². The first kappa shape index (κ1) is 8.90. The average Bonchev–Trinajstić information content (AvgIpc) is 2.66. The minimum Gasteiger partial charge on any atom is -0.273 e. The normalized spacial score (nSPS) is 15.3. The molecule has 5 heteroatoms. The molecule has 0 radical (unpaired) electrons. The Kier molecular flexibility index (Phi) is 2.21. The van der Waals surface area contributed by atoms with E-state index in [2.05, 4.69) is 15.9 Å². The van der Waals surface area contributed by atoms with E-state index in [0.717, 1.165) is 0 Å². The number of carbonyl (C=O) groups is 2. The van der Waals surface area contributed by atoms with Crippen molar-refractivity contribution in [2.75, 3.05) is 11.9 Å². The number of hydrogen-bond donors (Lipinski definition) is 0. The molecule has 0 saturated heterocycles. The molecule has 2 amide bonds. The second-order valence-electron chi connectivity index (χ2n) is 2.65. The zero-order chi connectivity index (χ0) is 9.42. The quantitative estimate of drug-likeness (QED) is 0.600. The van der Waals surface area contributed by atoms with Gasteiger partial charge in [-0.1, -0.05) is 15.9 Å². The van der Waals surface area contributed by atoms with E-state index in [9.17, 15) is 9.59 Å². The molecule has 0 aromatic carbocycles. The van der Waals surface area contributed by atoms with Gasteiger partial charge in [0, 0.05) is 22.6 Å². The zero-order valence-electron chi connectivity index (χ0n) is 6.62. The number of halogens is 1. The van der Waals surface area contributed by atoms with Crippen LogP contribution < -0.4 is 0 Å². The van der Waals surface area contributed by atoms with Crippen LogP contribution in [-0.2, 0) is 0 Å². The van der Waals surface area contributed by atoms with Gasteiger partial charge in [0.2, 0.25) is 0 Å². The van der Waals surface area contributed by atoms with E-state index in [1.54, 1.807) is 10.8 Å². The van der Waals surface area contributed by atoms with Gasteiger partial charge < -0.3 is 0 Å². The van der Waals surface area contributed by atoms with Crippen LogP contribution in [0.2, 0.25) is 0 Å². The fraction of sp³-hybridized carbons (Fsp3) is 0.250. The molecule has 3 nitrogen and oxygen atoms in total. The van der Waals surface area contributed by atoms with Gasteiger partial charge in [0.25, 0.3) is 11.8 Å². The smallest absolute Gasteiger partial charge is 0.262 e. The summed E-state index contributed by atoms with van der Waals surface area (Å²) < 4.78 is 0. The number of rotatable bonds is 2.